The van der Waals surface area contributed by atoms with Crippen LogP contribution >= 0.6 is 0 Å². The van der Waals surface area contributed by atoms with Crippen LogP contribution in [0.25, 0.3) is 11.9 Å². The molecule has 2 heterocycles. The lowest BCUT2D eigenvalue weighted by atomic mass is 10.1. The molecule has 0 atom stereocenters. The molecule has 0 aliphatic heterocycles. The molecule has 0 radical (unpaired) electrons. The number of rotatable bonds is 4. The number of hydrogen-bond donors (Lipinski definition) is 0. The highest BCUT2D eigenvalue weighted by atomic mass is 19.4. The maximum absolute atomic E-state index is 12.6. The third kappa shape index (κ3) is 4.01. The van der Waals surface area contributed by atoms with Crippen molar-refractivity contribution in [1.29, 1.82) is 0 Å². The Balaban J connectivity index is 2.37. The molecule has 2 rings (SSSR count). The van der Waals surface area contributed by atoms with Gasteiger partial charge in [-0.15, -0.1) is 0 Å². The van der Waals surface area contributed by atoms with Crippen LogP contribution in [0.3, 0.4) is 0 Å². The van der Waals surface area contributed by atoms with E-state index < -0.39 is 17.7 Å². The van der Waals surface area contributed by atoms with Crippen LogP contribution in [0, 0.1) is 0 Å². The first kappa shape index (κ1) is 17.7. The minimum atomic E-state index is -4.44. The van der Waals surface area contributed by atoms with E-state index in [1.807, 2.05) is 13.8 Å². The molecule has 5 nitrogen and oxygen atoms in total. The molecule has 0 spiro atoms. The van der Waals surface area contributed by atoms with Crippen molar-refractivity contribution in [3.63, 3.8) is 0 Å². The zero-order chi connectivity index (χ0) is 17.9. The smallest absolute Gasteiger partial charge is 0.417 e. The topological polar surface area (TPSA) is 57.0 Å². The number of pyridine rings is 1. The number of nitrogens with zero attached hydrogens (tertiary/aromatic N) is 3. The second-order valence-corrected chi connectivity index (χ2v) is 5.33. The monoisotopic (exact) mass is 339 g/mol. The van der Waals surface area contributed by atoms with Gasteiger partial charge in [-0.05, 0) is 24.1 Å². The van der Waals surface area contributed by atoms with Gasteiger partial charge in [-0.3, -0.25) is 0 Å². The molecule has 24 heavy (non-hydrogen) atoms. The third-order valence-corrected chi connectivity index (χ3v) is 3.23. The lowest BCUT2D eigenvalue weighted by Crippen LogP contribution is -2.07. The minimum Gasteiger partial charge on any atom is -0.466 e. The van der Waals surface area contributed by atoms with E-state index in [1.54, 1.807) is 12.3 Å². The Morgan fingerprint density at radius 3 is 2.54 bits per heavy atom. The Bertz CT molecular complexity index is 747. The number of carbonyl (C=O) groups is 1. The number of hydrogen-bond acceptors (Lipinski definition) is 4. The van der Waals surface area contributed by atoms with E-state index in [4.69, 9.17) is 0 Å². The Kier molecular flexibility index (Phi) is 5.06. The van der Waals surface area contributed by atoms with Crippen molar-refractivity contribution in [3.8, 4) is 5.82 Å². The lowest BCUT2D eigenvalue weighted by molar-refractivity contribution is -0.138. The molecule has 128 valence electrons. The lowest BCUT2D eigenvalue weighted by Gasteiger charge is -2.06. The van der Waals surface area contributed by atoms with Crippen LogP contribution in [-0.2, 0) is 15.7 Å². The standard InChI is InChI=1S/C16H16F3N3O2/c1-10(2)15-11(4-7-14(23)24-3)9-22(21-15)13-6-5-12(8-20-13)16(17,18)19/h4-10H,1-3H3. The second kappa shape index (κ2) is 6.86. The summed E-state index contributed by atoms with van der Waals surface area (Å²) in [5, 5.41) is 4.35. The van der Waals surface area contributed by atoms with Crippen LogP contribution in [0.2, 0.25) is 0 Å². The fourth-order valence-electron chi connectivity index (χ4n) is 2.01. The summed E-state index contributed by atoms with van der Waals surface area (Å²) in [6, 6.07) is 2.19. The van der Waals surface area contributed by atoms with E-state index in [1.165, 1.54) is 23.9 Å². The molecule has 0 aliphatic rings. The van der Waals surface area contributed by atoms with E-state index in [0.717, 1.165) is 12.3 Å². The molecule has 0 saturated heterocycles. The van der Waals surface area contributed by atoms with Crippen molar-refractivity contribution >= 4 is 12.0 Å². The highest BCUT2D eigenvalue weighted by Gasteiger charge is 2.30. The summed E-state index contributed by atoms with van der Waals surface area (Å²) in [6.45, 7) is 3.84. The zero-order valence-electron chi connectivity index (χ0n) is 13.3. The first-order valence-corrected chi connectivity index (χ1v) is 7.11. The summed E-state index contributed by atoms with van der Waals surface area (Å²) in [6.07, 6.45) is 0.732. The molecule has 0 N–H and O–H groups in total. The SMILES string of the molecule is COC(=O)C=Cc1cn(-c2ccc(C(F)(F)F)cn2)nc1C(C)C. The van der Waals surface area contributed by atoms with Gasteiger partial charge in [0.05, 0.1) is 18.4 Å². The average Bonchev–Trinajstić information content (AvgIpc) is 2.96. The number of aromatic nitrogens is 3. The van der Waals surface area contributed by atoms with Gasteiger partial charge in [-0.1, -0.05) is 13.8 Å². The number of carbonyl (C=O) groups excluding carboxylic acids is 1. The van der Waals surface area contributed by atoms with Gasteiger partial charge >= 0.3 is 12.1 Å². The van der Waals surface area contributed by atoms with Gasteiger partial charge in [-0.2, -0.15) is 18.3 Å². The predicted octanol–water partition coefficient (Wildman–Crippen LogP) is 3.60. The summed E-state index contributed by atoms with van der Waals surface area (Å²) in [7, 11) is 1.27. The Morgan fingerprint density at radius 1 is 1.33 bits per heavy atom. The highest BCUT2D eigenvalue weighted by molar-refractivity contribution is 5.87. The number of esters is 1. The van der Waals surface area contributed by atoms with E-state index in [-0.39, 0.29) is 11.7 Å². The second-order valence-electron chi connectivity index (χ2n) is 5.33. The van der Waals surface area contributed by atoms with Gasteiger partial charge in [0.2, 0.25) is 0 Å². The molecule has 0 fully saturated rings. The molecule has 8 heteroatoms. The van der Waals surface area contributed by atoms with Gasteiger partial charge in [0.15, 0.2) is 5.82 Å². The van der Waals surface area contributed by atoms with Gasteiger partial charge in [0, 0.05) is 24.0 Å². The zero-order valence-corrected chi connectivity index (χ0v) is 13.3. The van der Waals surface area contributed by atoms with Gasteiger partial charge in [0.25, 0.3) is 0 Å². The van der Waals surface area contributed by atoms with Crippen LogP contribution in [0.1, 0.15) is 36.6 Å². The van der Waals surface area contributed by atoms with Crippen LogP contribution in [0.5, 0.6) is 0 Å². The van der Waals surface area contributed by atoms with Crippen LogP contribution in [0.4, 0.5) is 13.2 Å². The van der Waals surface area contributed by atoms with E-state index >= 15 is 0 Å². The van der Waals surface area contributed by atoms with E-state index in [0.29, 0.717) is 11.3 Å². The fraction of sp³-hybridized carbons (Fsp3) is 0.312. The summed E-state index contributed by atoms with van der Waals surface area (Å²) in [5.74, 6) is -0.203. The average molecular weight is 339 g/mol. The Labute approximate surface area is 136 Å². The van der Waals surface area contributed by atoms with E-state index in [9.17, 15) is 18.0 Å². The van der Waals surface area contributed by atoms with Crippen molar-refractivity contribution in [2.45, 2.75) is 25.9 Å². The molecular formula is C16H16F3N3O2. The van der Waals surface area contributed by atoms with Gasteiger partial charge < -0.3 is 4.74 Å². The molecule has 2 aromatic rings. The highest BCUT2D eigenvalue weighted by Crippen LogP contribution is 2.29. The molecule has 0 aliphatic carbocycles. The number of halogens is 3. The van der Waals surface area contributed by atoms with Gasteiger partial charge in [-0.25, -0.2) is 14.5 Å². The van der Waals surface area contributed by atoms with Crippen LogP contribution in [-0.4, -0.2) is 27.8 Å². The van der Waals surface area contributed by atoms with Gasteiger partial charge in [0.1, 0.15) is 0 Å². The Hall–Kier alpha value is -2.64. The molecule has 0 aromatic carbocycles. The quantitative estimate of drug-likeness (QED) is 0.631. The summed E-state index contributed by atoms with van der Waals surface area (Å²) in [5.41, 5.74) is 0.530. The number of ether oxygens (including phenoxy) is 1. The summed E-state index contributed by atoms with van der Waals surface area (Å²) >= 11 is 0. The third-order valence-electron chi connectivity index (χ3n) is 3.23. The summed E-state index contributed by atoms with van der Waals surface area (Å²) < 4.78 is 43.7. The van der Waals surface area contributed by atoms with E-state index in [2.05, 4.69) is 14.8 Å². The van der Waals surface area contributed by atoms with Crippen molar-refractivity contribution in [2.24, 2.45) is 0 Å². The number of alkyl halides is 3. The Morgan fingerprint density at radius 2 is 2.04 bits per heavy atom. The maximum Gasteiger partial charge on any atom is 0.417 e. The van der Waals surface area contributed by atoms with Crippen LogP contribution in [0.15, 0.2) is 30.6 Å². The largest absolute Gasteiger partial charge is 0.466 e. The molecule has 0 bridgehead atoms. The predicted molar refractivity (Wildman–Crippen MR) is 81.5 cm³/mol. The van der Waals surface area contributed by atoms with Crippen molar-refractivity contribution in [2.75, 3.05) is 7.11 Å². The van der Waals surface area contributed by atoms with Crippen LogP contribution < -0.4 is 0 Å². The first-order chi connectivity index (χ1) is 11.2. The molecular weight excluding hydrogens is 323 g/mol. The normalized spacial score (nSPS) is 12.1. The van der Waals surface area contributed by atoms with Crippen molar-refractivity contribution < 1.29 is 22.7 Å². The summed E-state index contributed by atoms with van der Waals surface area (Å²) in [4.78, 5) is 15.0. The minimum absolute atomic E-state index is 0.0537. The van der Waals surface area contributed by atoms with Crippen molar-refractivity contribution in [1.82, 2.24) is 14.8 Å². The maximum atomic E-state index is 12.6. The molecule has 0 saturated carbocycles. The molecule has 2 aromatic heterocycles. The molecule has 0 unspecified atom stereocenters. The number of methoxy groups -OCH3 is 1. The first-order valence-electron chi connectivity index (χ1n) is 7.11. The molecule has 0 amide bonds. The fourth-order valence-corrected chi connectivity index (χ4v) is 2.01. The van der Waals surface area contributed by atoms with Crippen molar-refractivity contribution in [3.05, 3.63) is 47.4 Å².